The smallest absolute Gasteiger partial charge is 0.0244 e. The van der Waals surface area contributed by atoms with Crippen molar-refractivity contribution in [3.63, 3.8) is 0 Å². The van der Waals surface area contributed by atoms with Crippen LogP contribution in [0.1, 0.15) is 90.9 Å². The van der Waals surface area contributed by atoms with Gasteiger partial charge in [-0.15, -0.1) is 0 Å². The third kappa shape index (κ3) is 2.88. The van der Waals surface area contributed by atoms with Crippen molar-refractivity contribution in [1.82, 2.24) is 0 Å². The normalized spacial score (nSPS) is 36.0. The van der Waals surface area contributed by atoms with Gasteiger partial charge >= 0.3 is 0 Å². The van der Waals surface area contributed by atoms with Crippen LogP contribution in [-0.2, 0) is 0 Å². The molecule has 0 saturated heterocycles. The van der Waals surface area contributed by atoms with E-state index in [9.17, 15) is 0 Å². The molecule has 0 spiro atoms. The second-order valence-corrected chi connectivity index (χ2v) is 6.82. The second-order valence-electron chi connectivity index (χ2n) is 6.82. The molecule has 0 aliphatic heterocycles. The molecule has 0 heteroatoms. The molecule has 2 fully saturated rings. The summed E-state index contributed by atoms with van der Waals surface area (Å²) in [5, 5.41) is 0. The zero-order chi connectivity index (χ0) is 12.1. The summed E-state index contributed by atoms with van der Waals surface area (Å²) in [5.41, 5.74) is 0.759. The molecule has 0 aromatic carbocycles. The Hall–Kier alpha value is 0. The summed E-state index contributed by atoms with van der Waals surface area (Å²) in [4.78, 5) is 0. The predicted octanol–water partition coefficient (Wildman–Crippen LogP) is 5.95. The summed E-state index contributed by atoms with van der Waals surface area (Å²) in [6, 6.07) is 0. The van der Waals surface area contributed by atoms with Gasteiger partial charge < -0.3 is 0 Å². The van der Waals surface area contributed by atoms with E-state index in [1.165, 1.54) is 57.8 Å². The molecule has 2 rings (SSSR count). The molecule has 0 radical (unpaired) electrons. The highest BCUT2D eigenvalue weighted by molar-refractivity contribution is 4.94. The summed E-state index contributed by atoms with van der Waals surface area (Å²) in [6.45, 7) is 4.94. The first-order chi connectivity index (χ1) is 8.29. The molecule has 2 aliphatic rings. The highest BCUT2D eigenvalue weighted by atomic mass is 14.5. The molecular weight excluding hydrogens is 204 g/mol. The molecular formula is C17H32. The summed E-state index contributed by atoms with van der Waals surface area (Å²) < 4.78 is 0. The van der Waals surface area contributed by atoms with E-state index in [1.54, 1.807) is 19.3 Å². The Morgan fingerprint density at radius 1 is 0.941 bits per heavy atom. The fraction of sp³-hybridized carbons (Fsp3) is 1.00. The summed E-state index contributed by atoms with van der Waals surface area (Å²) in [6.07, 6.45) is 18.1. The van der Waals surface area contributed by atoms with Gasteiger partial charge in [0.15, 0.2) is 0 Å². The van der Waals surface area contributed by atoms with Crippen LogP contribution in [-0.4, -0.2) is 0 Å². The number of unbranched alkanes of at least 4 members (excludes halogenated alkanes) is 1. The van der Waals surface area contributed by atoms with Gasteiger partial charge in [0.1, 0.15) is 0 Å². The Morgan fingerprint density at radius 2 is 1.65 bits per heavy atom. The van der Waals surface area contributed by atoms with Crippen molar-refractivity contribution in [2.75, 3.05) is 0 Å². The molecule has 0 bridgehead atoms. The van der Waals surface area contributed by atoms with Crippen molar-refractivity contribution < 1.29 is 0 Å². The Morgan fingerprint density at radius 3 is 2.29 bits per heavy atom. The summed E-state index contributed by atoms with van der Waals surface area (Å²) in [7, 11) is 0. The van der Waals surface area contributed by atoms with Crippen molar-refractivity contribution >= 4 is 0 Å². The number of hydrogen-bond acceptors (Lipinski definition) is 0. The lowest BCUT2D eigenvalue weighted by Gasteiger charge is -2.50. The average molecular weight is 236 g/mol. The van der Waals surface area contributed by atoms with Gasteiger partial charge in [0.05, 0.1) is 0 Å². The van der Waals surface area contributed by atoms with Gasteiger partial charge in [-0.3, -0.25) is 0 Å². The lowest BCUT2D eigenvalue weighted by molar-refractivity contribution is 0.00289. The zero-order valence-electron chi connectivity index (χ0n) is 12.1. The molecule has 2 atom stereocenters. The highest BCUT2D eigenvalue weighted by Gasteiger charge is 2.43. The molecule has 0 nitrogen and oxygen atoms in total. The van der Waals surface area contributed by atoms with Crippen molar-refractivity contribution in [2.45, 2.75) is 90.9 Å². The van der Waals surface area contributed by atoms with E-state index < -0.39 is 0 Å². The standard InChI is InChI=1S/C17H32/c1-3-4-13-17(14-9-8-10-15(17)2)16-11-6-5-7-12-16/h15-16H,3-14H2,1-2H3. The summed E-state index contributed by atoms with van der Waals surface area (Å²) >= 11 is 0. The van der Waals surface area contributed by atoms with Gasteiger partial charge in [-0.05, 0) is 42.9 Å². The molecule has 0 aromatic rings. The van der Waals surface area contributed by atoms with Crippen molar-refractivity contribution in [1.29, 1.82) is 0 Å². The first kappa shape index (κ1) is 13.4. The average Bonchev–Trinajstić information content (AvgIpc) is 2.39. The van der Waals surface area contributed by atoms with Gasteiger partial charge in [0.2, 0.25) is 0 Å². The van der Waals surface area contributed by atoms with Crippen LogP contribution in [0.2, 0.25) is 0 Å². The van der Waals surface area contributed by atoms with E-state index >= 15 is 0 Å². The molecule has 0 aromatic heterocycles. The van der Waals surface area contributed by atoms with E-state index in [-0.39, 0.29) is 0 Å². The van der Waals surface area contributed by atoms with Crippen LogP contribution >= 0.6 is 0 Å². The zero-order valence-corrected chi connectivity index (χ0v) is 12.1. The minimum Gasteiger partial charge on any atom is -0.0654 e. The Bertz CT molecular complexity index is 214. The maximum Gasteiger partial charge on any atom is -0.0244 e. The maximum absolute atomic E-state index is 2.57. The van der Waals surface area contributed by atoms with Crippen LogP contribution in [0.4, 0.5) is 0 Å². The number of rotatable bonds is 4. The predicted molar refractivity (Wildman–Crippen MR) is 76.2 cm³/mol. The van der Waals surface area contributed by atoms with Crippen LogP contribution < -0.4 is 0 Å². The lowest BCUT2D eigenvalue weighted by atomic mass is 9.55. The van der Waals surface area contributed by atoms with Crippen LogP contribution in [0.3, 0.4) is 0 Å². The van der Waals surface area contributed by atoms with Crippen molar-refractivity contribution in [3.05, 3.63) is 0 Å². The van der Waals surface area contributed by atoms with Gasteiger partial charge in [-0.1, -0.05) is 65.2 Å². The Kier molecular flexibility index (Phi) is 4.94. The first-order valence-corrected chi connectivity index (χ1v) is 8.29. The highest BCUT2D eigenvalue weighted by Crippen LogP contribution is 2.54. The molecule has 2 saturated carbocycles. The van der Waals surface area contributed by atoms with E-state index in [1.807, 2.05) is 0 Å². The summed E-state index contributed by atoms with van der Waals surface area (Å²) in [5.74, 6) is 2.09. The van der Waals surface area contributed by atoms with Crippen molar-refractivity contribution in [3.8, 4) is 0 Å². The van der Waals surface area contributed by atoms with E-state index in [0.29, 0.717) is 0 Å². The molecule has 17 heavy (non-hydrogen) atoms. The van der Waals surface area contributed by atoms with Crippen LogP contribution in [0.25, 0.3) is 0 Å². The topological polar surface area (TPSA) is 0 Å². The third-order valence-corrected chi connectivity index (χ3v) is 5.92. The Balaban J connectivity index is 2.08. The van der Waals surface area contributed by atoms with Gasteiger partial charge in [0.25, 0.3) is 0 Å². The Labute approximate surface area is 109 Å². The second kappa shape index (κ2) is 6.25. The third-order valence-electron chi connectivity index (χ3n) is 5.92. The molecule has 100 valence electrons. The monoisotopic (exact) mass is 236 g/mol. The first-order valence-electron chi connectivity index (χ1n) is 8.29. The van der Waals surface area contributed by atoms with E-state index in [4.69, 9.17) is 0 Å². The number of hydrogen-bond donors (Lipinski definition) is 0. The van der Waals surface area contributed by atoms with E-state index in [0.717, 1.165) is 17.3 Å². The minimum atomic E-state index is 0.759. The fourth-order valence-electron chi connectivity index (χ4n) is 4.80. The fourth-order valence-corrected chi connectivity index (χ4v) is 4.80. The molecule has 2 unspecified atom stereocenters. The van der Waals surface area contributed by atoms with Gasteiger partial charge in [0, 0.05) is 0 Å². The van der Waals surface area contributed by atoms with Crippen LogP contribution in [0.15, 0.2) is 0 Å². The largest absolute Gasteiger partial charge is 0.0654 e. The molecule has 0 amide bonds. The molecule has 0 heterocycles. The SMILES string of the molecule is CCCCC1(C2CCCCC2)CCCCC1C. The lowest BCUT2D eigenvalue weighted by Crippen LogP contribution is -2.40. The van der Waals surface area contributed by atoms with Gasteiger partial charge in [-0.25, -0.2) is 0 Å². The van der Waals surface area contributed by atoms with Crippen LogP contribution in [0, 0.1) is 17.3 Å². The van der Waals surface area contributed by atoms with Crippen LogP contribution in [0.5, 0.6) is 0 Å². The van der Waals surface area contributed by atoms with Gasteiger partial charge in [-0.2, -0.15) is 0 Å². The minimum absolute atomic E-state index is 0.759. The molecule has 0 N–H and O–H groups in total. The molecule has 2 aliphatic carbocycles. The maximum atomic E-state index is 2.57. The van der Waals surface area contributed by atoms with Crippen molar-refractivity contribution in [2.24, 2.45) is 17.3 Å². The quantitative estimate of drug-likeness (QED) is 0.565. The van der Waals surface area contributed by atoms with E-state index in [2.05, 4.69) is 13.8 Å².